The van der Waals surface area contributed by atoms with Crippen LogP contribution in [0, 0.1) is 20.8 Å². The molecule has 2 rings (SSSR count). The minimum atomic E-state index is -0.408. The molecule has 0 bridgehead atoms. The molecule has 0 spiro atoms. The zero-order chi connectivity index (χ0) is 15.6. The smallest absolute Gasteiger partial charge is 0.273 e. The fourth-order valence-electron chi connectivity index (χ4n) is 2.09. The number of rotatable bonds is 3. The summed E-state index contributed by atoms with van der Waals surface area (Å²) in [5.41, 5.74) is 7.75. The maximum atomic E-state index is 11.9. The van der Waals surface area contributed by atoms with Gasteiger partial charge in [-0.1, -0.05) is 0 Å². The average molecular weight is 290 g/mol. The van der Waals surface area contributed by atoms with E-state index in [1.165, 1.54) is 6.26 Å². The van der Waals surface area contributed by atoms with Gasteiger partial charge in [0.2, 0.25) is 5.91 Å². The lowest BCUT2D eigenvalue weighted by molar-refractivity contribution is -0.121. The predicted octanol–water partition coefficient (Wildman–Crippen LogP) is 0.942. The summed E-state index contributed by atoms with van der Waals surface area (Å²) < 4.78 is 6.77. The first-order chi connectivity index (χ1) is 9.90. The molecule has 2 amide bonds. The van der Waals surface area contributed by atoms with Gasteiger partial charge in [0, 0.05) is 18.3 Å². The largest absolute Gasteiger partial charge is 0.469 e. The number of furan rings is 1. The van der Waals surface area contributed by atoms with E-state index in [-0.39, 0.29) is 12.3 Å². The third kappa shape index (κ3) is 3.13. The van der Waals surface area contributed by atoms with Crippen molar-refractivity contribution < 1.29 is 14.0 Å². The molecule has 0 aromatic carbocycles. The summed E-state index contributed by atoms with van der Waals surface area (Å²) in [6.45, 7) is 5.43. The molecule has 0 aliphatic carbocycles. The Balaban J connectivity index is 1.94. The third-order valence-electron chi connectivity index (χ3n) is 3.42. The van der Waals surface area contributed by atoms with Gasteiger partial charge in [0.25, 0.3) is 5.91 Å². The number of aryl methyl sites for hydroxylation is 3. The average Bonchev–Trinajstić information content (AvgIpc) is 2.95. The number of hydrogen-bond donors (Lipinski definition) is 2. The predicted molar refractivity (Wildman–Crippen MR) is 75.4 cm³/mol. The highest BCUT2D eigenvalue weighted by atomic mass is 16.3. The molecule has 2 aromatic heterocycles. The molecule has 0 saturated carbocycles. The Kier molecular flexibility index (Phi) is 4.11. The SMILES string of the molecule is Cc1nn(C)c(C)c1CC(=O)NNC(=O)c1ccoc1C. The summed E-state index contributed by atoms with van der Waals surface area (Å²) in [5, 5.41) is 4.25. The van der Waals surface area contributed by atoms with Crippen molar-refractivity contribution in [1.29, 1.82) is 0 Å². The lowest BCUT2D eigenvalue weighted by Gasteiger charge is -2.07. The van der Waals surface area contributed by atoms with Crippen molar-refractivity contribution >= 4 is 11.8 Å². The van der Waals surface area contributed by atoms with Crippen LogP contribution in [0.15, 0.2) is 16.7 Å². The molecule has 0 aliphatic heterocycles. The van der Waals surface area contributed by atoms with E-state index in [0.717, 1.165) is 17.0 Å². The molecule has 21 heavy (non-hydrogen) atoms. The normalized spacial score (nSPS) is 10.5. The lowest BCUT2D eigenvalue weighted by Crippen LogP contribution is -2.42. The number of carbonyl (C=O) groups excluding carboxylic acids is 2. The molecular formula is C14H18N4O3. The van der Waals surface area contributed by atoms with E-state index in [9.17, 15) is 9.59 Å². The van der Waals surface area contributed by atoms with Crippen LogP contribution < -0.4 is 10.9 Å². The number of hydrazine groups is 1. The number of hydrogen-bond acceptors (Lipinski definition) is 4. The van der Waals surface area contributed by atoms with E-state index in [0.29, 0.717) is 11.3 Å². The van der Waals surface area contributed by atoms with Crippen LogP contribution >= 0.6 is 0 Å². The van der Waals surface area contributed by atoms with Crippen molar-refractivity contribution in [3.63, 3.8) is 0 Å². The molecule has 2 N–H and O–H groups in total. The second-order valence-electron chi connectivity index (χ2n) is 4.84. The second kappa shape index (κ2) is 5.82. The minimum Gasteiger partial charge on any atom is -0.469 e. The number of aromatic nitrogens is 2. The molecule has 0 aliphatic rings. The highest BCUT2D eigenvalue weighted by Crippen LogP contribution is 2.12. The maximum absolute atomic E-state index is 11.9. The summed E-state index contributed by atoms with van der Waals surface area (Å²) in [7, 11) is 1.83. The van der Waals surface area contributed by atoms with Crippen LogP contribution in [-0.4, -0.2) is 21.6 Å². The van der Waals surface area contributed by atoms with Crippen molar-refractivity contribution in [2.24, 2.45) is 7.05 Å². The van der Waals surface area contributed by atoms with Gasteiger partial charge in [-0.05, 0) is 26.8 Å². The van der Waals surface area contributed by atoms with Gasteiger partial charge in [-0.15, -0.1) is 0 Å². The molecule has 0 saturated heterocycles. The van der Waals surface area contributed by atoms with E-state index in [1.54, 1.807) is 17.7 Å². The zero-order valence-electron chi connectivity index (χ0n) is 12.5. The number of amides is 2. The number of nitrogens with one attached hydrogen (secondary N) is 2. The van der Waals surface area contributed by atoms with Gasteiger partial charge in [0.1, 0.15) is 5.76 Å². The van der Waals surface area contributed by atoms with Crippen molar-refractivity contribution in [3.05, 3.63) is 40.6 Å². The topological polar surface area (TPSA) is 89.2 Å². The lowest BCUT2D eigenvalue weighted by atomic mass is 10.1. The van der Waals surface area contributed by atoms with Crippen LogP contribution in [0.5, 0.6) is 0 Å². The second-order valence-corrected chi connectivity index (χ2v) is 4.84. The first kappa shape index (κ1) is 14.8. The quantitative estimate of drug-likeness (QED) is 0.823. The first-order valence-electron chi connectivity index (χ1n) is 6.52. The Labute approximate surface area is 122 Å². The van der Waals surface area contributed by atoms with Crippen molar-refractivity contribution in [2.45, 2.75) is 27.2 Å². The van der Waals surface area contributed by atoms with Gasteiger partial charge in [-0.3, -0.25) is 25.1 Å². The Morgan fingerprint density at radius 3 is 2.52 bits per heavy atom. The highest BCUT2D eigenvalue weighted by molar-refractivity contribution is 5.96. The molecule has 0 radical (unpaired) electrons. The third-order valence-corrected chi connectivity index (χ3v) is 3.42. The van der Waals surface area contributed by atoms with Crippen LogP contribution in [0.3, 0.4) is 0 Å². The molecule has 7 nitrogen and oxygen atoms in total. The number of carbonyl (C=O) groups is 2. The molecule has 0 atom stereocenters. The fourth-order valence-corrected chi connectivity index (χ4v) is 2.09. The van der Waals surface area contributed by atoms with Crippen LogP contribution in [0.2, 0.25) is 0 Å². The Hall–Kier alpha value is -2.57. The van der Waals surface area contributed by atoms with Crippen LogP contribution in [0.1, 0.15) is 33.1 Å². The van der Waals surface area contributed by atoms with E-state index in [4.69, 9.17) is 4.42 Å². The zero-order valence-corrected chi connectivity index (χ0v) is 12.5. The van der Waals surface area contributed by atoms with Crippen molar-refractivity contribution in [3.8, 4) is 0 Å². The van der Waals surface area contributed by atoms with Gasteiger partial charge < -0.3 is 4.42 Å². The summed E-state index contributed by atoms with van der Waals surface area (Å²) in [5.74, 6) is -0.210. The standard InChI is InChI=1S/C14H18N4O3/c1-8-12(9(2)18(4)17-8)7-13(19)15-16-14(20)11-5-6-21-10(11)3/h5-6H,7H2,1-4H3,(H,15,19)(H,16,20). The summed E-state index contributed by atoms with van der Waals surface area (Å²) in [6.07, 6.45) is 1.59. The first-order valence-corrected chi connectivity index (χ1v) is 6.52. The van der Waals surface area contributed by atoms with Crippen LogP contribution in [0.4, 0.5) is 0 Å². The molecule has 0 fully saturated rings. The monoisotopic (exact) mass is 290 g/mol. The van der Waals surface area contributed by atoms with Gasteiger partial charge >= 0.3 is 0 Å². The molecule has 0 unspecified atom stereocenters. The van der Waals surface area contributed by atoms with Crippen LogP contribution in [-0.2, 0) is 18.3 Å². The van der Waals surface area contributed by atoms with Crippen molar-refractivity contribution in [1.82, 2.24) is 20.6 Å². The molecule has 2 heterocycles. The van der Waals surface area contributed by atoms with Gasteiger partial charge in [0.15, 0.2) is 0 Å². The number of nitrogens with zero attached hydrogens (tertiary/aromatic N) is 2. The summed E-state index contributed by atoms with van der Waals surface area (Å²) in [4.78, 5) is 23.7. The minimum absolute atomic E-state index is 0.163. The van der Waals surface area contributed by atoms with Gasteiger partial charge in [-0.2, -0.15) is 5.10 Å². The molecule has 7 heteroatoms. The van der Waals surface area contributed by atoms with Crippen molar-refractivity contribution in [2.75, 3.05) is 0 Å². The van der Waals surface area contributed by atoms with E-state index >= 15 is 0 Å². The Morgan fingerprint density at radius 1 is 1.29 bits per heavy atom. The molecular weight excluding hydrogens is 272 g/mol. The van der Waals surface area contributed by atoms with E-state index < -0.39 is 5.91 Å². The molecule has 2 aromatic rings. The summed E-state index contributed by atoms with van der Waals surface area (Å²) >= 11 is 0. The highest BCUT2D eigenvalue weighted by Gasteiger charge is 2.15. The van der Waals surface area contributed by atoms with Gasteiger partial charge in [-0.25, -0.2) is 0 Å². The van der Waals surface area contributed by atoms with E-state index in [1.807, 2.05) is 20.9 Å². The van der Waals surface area contributed by atoms with Crippen LogP contribution in [0.25, 0.3) is 0 Å². The molecule has 112 valence electrons. The Bertz CT molecular complexity index is 684. The van der Waals surface area contributed by atoms with Gasteiger partial charge in [0.05, 0.1) is 23.9 Å². The fraction of sp³-hybridized carbons (Fsp3) is 0.357. The van der Waals surface area contributed by atoms with E-state index in [2.05, 4.69) is 16.0 Å². The maximum Gasteiger partial charge on any atom is 0.273 e. The Morgan fingerprint density at radius 2 is 2.00 bits per heavy atom. The summed E-state index contributed by atoms with van der Waals surface area (Å²) in [6, 6.07) is 1.55.